The Labute approximate surface area is 227 Å². The number of imidazole rings is 1. The number of benzene rings is 1. The lowest BCUT2D eigenvalue weighted by Crippen LogP contribution is -2.28. The monoisotopic (exact) mass is 562 g/mol. The van der Waals surface area contributed by atoms with Gasteiger partial charge in [-0.1, -0.05) is 6.92 Å². The summed E-state index contributed by atoms with van der Waals surface area (Å²) >= 11 is 0. The lowest BCUT2D eigenvalue weighted by Gasteiger charge is -2.13. The summed E-state index contributed by atoms with van der Waals surface area (Å²) in [6.07, 6.45) is 1.96. The summed E-state index contributed by atoms with van der Waals surface area (Å²) < 4.78 is 61.7. The van der Waals surface area contributed by atoms with Gasteiger partial charge in [0.05, 0.1) is 30.6 Å². The Bertz CT molecular complexity index is 1450. The highest BCUT2D eigenvalue weighted by Gasteiger charge is 2.38. The van der Waals surface area contributed by atoms with E-state index < -0.39 is 18.5 Å². The van der Waals surface area contributed by atoms with Crippen LogP contribution in [-0.4, -0.2) is 63.0 Å². The van der Waals surface area contributed by atoms with Crippen LogP contribution >= 0.6 is 0 Å². The maximum absolute atomic E-state index is 13.7. The number of nitrogens with zero attached hydrogens (tertiary/aromatic N) is 5. The molecule has 14 heteroatoms. The zero-order chi connectivity index (χ0) is 28.7. The quantitative estimate of drug-likeness (QED) is 0.166. The number of alkyl halides is 4. The Morgan fingerprint density at radius 2 is 2.02 bits per heavy atom. The van der Waals surface area contributed by atoms with E-state index in [4.69, 9.17) is 10.5 Å². The third kappa shape index (κ3) is 6.57. The molecular weight excluding hydrogens is 532 g/mol. The standard InChI is InChI=1S/C26H30F4N8O2/c1-2-17-14-18(4-5-19(17)25(39)33-9-13-40-12-3-7-31)35-23-24-34-15-21(38(24)11-8-32-23)20-16-37(10-6-27)36-22(20)26(28,29)30/h4-5,8,11,14-16H,2-3,6-7,9-10,12-13,31H2,1H3,(H,32,35)(H,33,39). The Morgan fingerprint density at radius 3 is 2.75 bits per heavy atom. The molecule has 3 aromatic heterocycles. The van der Waals surface area contributed by atoms with Crippen LogP contribution < -0.4 is 16.4 Å². The Morgan fingerprint density at radius 1 is 1.20 bits per heavy atom. The number of nitrogens with one attached hydrogen (secondary N) is 2. The van der Waals surface area contributed by atoms with Gasteiger partial charge in [-0.3, -0.25) is 13.9 Å². The minimum absolute atomic E-state index is 0.131. The van der Waals surface area contributed by atoms with E-state index in [-0.39, 0.29) is 29.4 Å². The van der Waals surface area contributed by atoms with E-state index in [2.05, 4.69) is 25.7 Å². The molecule has 0 aliphatic rings. The van der Waals surface area contributed by atoms with Gasteiger partial charge in [0.1, 0.15) is 6.67 Å². The number of carbonyl (C=O) groups is 1. The smallest absolute Gasteiger partial charge is 0.380 e. The zero-order valence-electron chi connectivity index (χ0n) is 21.8. The molecule has 0 unspecified atom stereocenters. The highest BCUT2D eigenvalue weighted by Crippen LogP contribution is 2.37. The molecule has 1 aromatic carbocycles. The van der Waals surface area contributed by atoms with Gasteiger partial charge in [-0.25, -0.2) is 14.4 Å². The Hall–Kier alpha value is -4.04. The molecule has 1 amide bonds. The third-order valence-electron chi connectivity index (χ3n) is 6.07. The largest absolute Gasteiger partial charge is 0.435 e. The van der Waals surface area contributed by atoms with Crippen molar-refractivity contribution < 1.29 is 27.1 Å². The molecule has 0 spiro atoms. The molecule has 0 aliphatic carbocycles. The lowest BCUT2D eigenvalue weighted by molar-refractivity contribution is -0.141. The number of hydrogen-bond donors (Lipinski definition) is 3. The zero-order valence-corrected chi connectivity index (χ0v) is 21.8. The van der Waals surface area contributed by atoms with Gasteiger partial charge >= 0.3 is 6.18 Å². The number of anilines is 2. The van der Waals surface area contributed by atoms with E-state index in [1.165, 1.54) is 23.0 Å². The van der Waals surface area contributed by atoms with Crippen molar-refractivity contribution in [2.75, 3.05) is 38.3 Å². The molecule has 214 valence electrons. The van der Waals surface area contributed by atoms with Crippen LogP contribution in [0.4, 0.5) is 29.1 Å². The molecule has 4 aromatic rings. The molecule has 0 aliphatic heterocycles. The number of hydrogen-bond acceptors (Lipinski definition) is 7. The minimum Gasteiger partial charge on any atom is -0.380 e. The fourth-order valence-electron chi connectivity index (χ4n) is 4.17. The highest BCUT2D eigenvalue weighted by molar-refractivity contribution is 5.96. The number of amides is 1. The number of aromatic nitrogens is 5. The molecule has 0 atom stereocenters. The van der Waals surface area contributed by atoms with Crippen LogP contribution in [-0.2, 0) is 23.9 Å². The molecule has 4 rings (SSSR count). The number of halogens is 4. The van der Waals surface area contributed by atoms with Crippen molar-refractivity contribution in [3.05, 3.63) is 59.8 Å². The van der Waals surface area contributed by atoms with Crippen molar-refractivity contribution in [1.82, 2.24) is 29.5 Å². The summed E-state index contributed by atoms with van der Waals surface area (Å²) in [4.78, 5) is 21.3. The van der Waals surface area contributed by atoms with Crippen LogP contribution in [0.15, 0.2) is 43.0 Å². The second-order valence-corrected chi connectivity index (χ2v) is 8.82. The number of rotatable bonds is 13. The van der Waals surface area contributed by atoms with E-state index in [1.54, 1.807) is 12.1 Å². The molecule has 0 saturated carbocycles. The fraction of sp³-hybridized carbons (Fsp3) is 0.385. The first kappa shape index (κ1) is 29.0. The van der Waals surface area contributed by atoms with Gasteiger partial charge in [-0.2, -0.15) is 18.3 Å². The molecule has 0 bridgehead atoms. The second-order valence-electron chi connectivity index (χ2n) is 8.82. The predicted molar refractivity (Wildman–Crippen MR) is 141 cm³/mol. The van der Waals surface area contributed by atoms with Crippen LogP contribution in [0.25, 0.3) is 16.9 Å². The lowest BCUT2D eigenvalue weighted by atomic mass is 10.0. The van der Waals surface area contributed by atoms with Crippen molar-refractivity contribution >= 4 is 23.1 Å². The first-order valence-electron chi connectivity index (χ1n) is 12.8. The average Bonchev–Trinajstić information content (AvgIpc) is 3.55. The normalized spacial score (nSPS) is 11.8. The molecule has 10 nitrogen and oxygen atoms in total. The molecule has 3 heterocycles. The second kappa shape index (κ2) is 12.9. The first-order valence-corrected chi connectivity index (χ1v) is 12.8. The van der Waals surface area contributed by atoms with E-state index in [9.17, 15) is 22.4 Å². The van der Waals surface area contributed by atoms with Crippen LogP contribution in [0.2, 0.25) is 0 Å². The van der Waals surface area contributed by atoms with Gasteiger partial charge < -0.3 is 21.1 Å². The van der Waals surface area contributed by atoms with Gasteiger partial charge in [0.2, 0.25) is 0 Å². The van der Waals surface area contributed by atoms with Crippen molar-refractivity contribution in [2.45, 2.75) is 32.5 Å². The van der Waals surface area contributed by atoms with Crippen molar-refractivity contribution in [3.8, 4) is 11.3 Å². The minimum atomic E-state index is -4.74. The maximum Gasteiger partial charge on any atom is 0.435 e. The van der Waals surface area contributed by atoms with Crippen LogP contribution in [0.3, 0.4) is 0 Å². The van der Waals surface area contributed by atoms with Gasteiger partial charge in [0.25, 0.3) is 5.91 Å². The van der Waals surface area contributed by atoms with Crippen molar-refractivity contribution in [1.29, 1.82) is 0 Å². The molecule has 4 N–H and O–H groups in total. The summed E-state index contributed by atoms with van der Waals surface area (Å²) in [6.45, 7) is 2.60. The van der Waals surface area contributed by atoms with Crippen molar-refractivity contribution in [2.24, 2.45) is 5.73 Å². The molecule has 40 heavy (non-hydrogen) atoms. The number of fused-ring (bicyclic) bond motifs is 1. The van der Waals surface area contributed by atoms with E-state index in [1.807, 2.05) is 13.0 Å². The fourth-order valence-corrected chi connectivity index (χ4v) is 4.17. The first-order chi connectivity index (χ1) is 19.3. The van der Waals surface area contributed by atoms with Crippen molar-refractivity contribution in [3.63, 3.8) is 0 Å². The molecular formula is C26H30F4N8O2. The number of nitrogens with two attached hydrogens (primary N) is 1. The van der Waals surface area contributed by atoms with E-state index >= 15 is 0 Å². The number of carbonyl (C=O) groups excluding carboxylic acids is 1. The van der Waals surface area contributed by atoms with Crippen LogP contribution in [0.5, 0.6) is 0 Å². The van der Waals surface area contributed by atoms with Crippen LogP contribution in [0, 0.1) is 0 Å². The summed E-state index contributed by atoms with van der Waals surface area (Å²) in [7, 11) is 0. The molecule has 0 fully saturated rings. The van der Waals surface area contributed by atoms with E-state index in [0.29, 0.717) is 49.8 Å². The number of aryl methyl sites for hydroxylation is 2. The summed E-state index contributed by atoms with van der Waals surface area (Å²) in [5.41, 5.74) is 6.42. The third-order valence-corrected chi connectivity index (χ3v) is 6.07. The summed E-state index contributed by atoms with van der Waals surface area (Å²) in [6, 6.07) is 5.21. The molecule has 0 saturated heterocycles. The van der Waals surface area contributed by atoms with Gasteiger partial charge in [-0.15, -0.1) is 0 Å². The Kier molecular flexibility index (Phi) is 9.32. The van der Waals surface area contributed by atoms with Gasteiger partial charge in [-0.05, 0) is 43.1 Å². The Balaban J connectivity index is 1.56. The SMILES string of the molecule is CCc1cc(Nc2nccn3c(-c4cn(CCF)nc4C(F)(F)F)cnc23)ccc1C(=O)NCCOCCCN. The average molecular weight is 563 g/mol. The predicted octanol–water partition coefficient (Wildman–Crippen LogP) is 3.98. The van der Waals surface area contributed by atoms with E-state index in [0.717, 1.165) is 22.9 Å². The van der Waals surface area contributed by atoms with Gasteiger partial charge in [0.15, 0.2) is 17.2 Å². The number of ether oxygens (including phenoxy) is 1. The summed E-state index contributed by atoms with van der Waals surface area (Å²) in [5.74, 6) is 0.0741. The van der Waals surface area contributed by atoms with Crippen LogP contribution in [0.1, 0.15) is 35.0 Å². The summed E-state index contributed by atoms with van der Waals surface area (Å²) in [5, 5.41) is 9.52. The highest BCUT2D eigenvalue weighted by atomic mass is 19.4. The topological polar surface area (TPSA) is 124 Å². The maximum atomic E-state index is 13.7. The molecule has 0 radical (unpaired) electrons. The van der Waals surface area contributed by atoms with Gasteiger partial charge in [0, 0.05) is 43.0 Å².